The van der Waals surface area contributed by atoms with E-state index in [0.29, 0.717) is 25.4 Å². The Morgan fingerprint density at radius 1 is 1.37 bits per heavy atom. The molecule has 1 aromatic carbocycles. The molecule has 0 saturated carbocycles. The average molecular weight is 369 g/mol. The Kier molecular flexibility index (Phi) is 6.03. The van der Waals surface area contributed by atoms with Crippen LogP contribution in [0, 0.1) is 5.82 Å². The highest BCUT2D eigenvalue weighted by Gasteiger charge is 2.14. The first-order chi connectivity index (χ1) is 13.2. The number of anilines is 1. The summed E-state index contributed by atoms with van der Waals surface area (Å²) in [6, 6.07) is 6.51. The minimum Gasteiger partial charge on any atom is -0.492 e. The van der Waals surface area contributed by atoms with Crippen LogP contribution < -0.4 is 15.0 Å². The fourth-order valence-corrected chi connectivity index (χ4v) is 2.83. The molecule has 6 nitrogen and oxygen atoms in total. The SMILES string of the molecule is C=Cc1cnn2ccc(N(CC)Cc3cc(F)ccc3OCCNC)nc12. The predicted molar refractivity (Wildman–Crippen MR) is 106 cm³/mol. The number of halogens is 1. The fourth-order valence-electron chi connectivity index (χ4n) is 2.83. The Bertz CT molecular complexity index is 924. The zero-order valence-electron chi connectivity index (χ0n) is 15.7. The second kappa shape index (κ2) is 8.64. The van der Waals surface area contributed by atoms with Crippen molar-refractivity contribution in [3.05, 3.63) is 60.2 Å². The first-order valence-electron chi connectivity index (χ1n) is 8.93. The van der Waals surface area contributed by atoms with Crippen LogP contribution in [-0.4, -0.2) is 41.3 Å². The third-order valence-corrected chi connectivity index (χ3v) is 4.30. The highest BCUT2D eigenvalue weighted by Crippen LogP contribution is 2.24. The van der Waals surface area contributed by atoms with E-state index in [1.807, 2.05) is 26.2 Å². The van der Waals surface area contributed by atoms with Crippen molar-refractivity contribution < 1.29 is 9.13 Å². The van der Waals surface area contributed by atoms with E-state index in [1.165, 1.54) is 12.1 Å². The van der Waals surface area contributed by atoms with E-state index in [0.717, 1.165) is 29.1 Å². The van der Waals surface area contributed by atoms with Crippen LogP contribution in [0.3, 0.4) is 0 Å². The zero-order chi connectivity index (χ0) is 19.2. The molecule has 2 heterocycles. The van der Waals surface area contributed by atoms with E-state index >= 15 is 0 Å². The minimum atomic E-state index is -0.282. The molecule has 1 N–H and O–H groups in total. The lowest BCUT2D eigenvalue weighted by Gasteiger charge is -2.23. The highest BCUT2D eigenvalue weighted by molar-refractivity contribution is 5.65. The monoisotopic (exact) mass is 369 g/mol. The molecule has 7 heteroatoms. The molecule has 2 aromatic heterocycles. The third-order valence-electron chi connectivity index (χ3n) is 4.30. The molecular weight excluding hydrogens is 345 g/mol. The Morgan fingerprint density at radius 3 is 2.96 bits per heavy atom. The number of hydrogen-bond acceptors (Lipinski definition) is 5. The number of ether oxygens (including phenoxy) is 1. The van der Waals surface area contributed by atoms with E-state index in [-0.39, 0.29) is 5.82 Å². The number of benzene rings is 1. The van der Waals surface area contributed by atoms with E-state index in [9.17, 15) is 4.39 Å². The second-order valence-corrected chi connectivity index (χ2v) is 6.08. The number of nitrogens with zero attached hydrogens (tertiary/aromatic N) is 4. The van der Waals surface area contributed by atoms with Crippen LogP contribution in [0.2, 0.25) is 0 Å². The van der Waals surface area contributed by atoms with Crippen molar-refractivity contribution in [3.63, 3.8) is 0 Å². The number of nitrogens with one attached hydrogen (secondary N) is 1. The van der Waals surface area contributed by atoms with Crippen molar-refractivity contribution in [3.8, 4) is 5.75 Å². The number of aromatic nitrogens is 3. The number of likely N-dealkylation sites (N-methyl/N-ethyl adjacent to an activating group) is 1. The Balaban J connectivity index is 1.88. The van der Waals surface area contributed by atoms with Crippen molar-refractivity contribution >= 4 is 17.5 Å². The van der Waals surface area contributed by atoms with Gasteiger partial charge in [-0.05, 0) is 38.2 Å². The first-order valence-corrected chi connectivity index (χ1v) is 8.93. The molecule has 3 aromatic rings. The molecule has 0 saturated heterocycles. The van der Waals surface area contributed by atoms with Crippen LogP contribution in [-0.2, 0) is 6.54 Å². The molecule has 142 valence electrons. The van der Waals surface area contributed by atoms with Crippen molar-refractivity contribution in [1.29, 1.82) is 0 Å². The third kappa shape index (κ3) is 4.25. The molecule has 0 spiro atoms. The summed E-state index contributed by atoms with van der Waals surface area (Å²) >= 11 is 0. The maximum absolute atomic E-state index is 13.8. The van der Waals surface area contributed by atoms with Crippen LogP contribution in [0.25, 0.3) is 11.7 Å². The van der Waals surface area contributed by atoms with E-state index in [1.54, 1.807) is 22.9 Å². The van der Waals surface area contributed by atoms with Gasteiger partial charge in [0.05, 0.1) is 6.20 Å². The van der Waals surface area contributed by atoms with Gasteiger partial charge in [-0.25, -0.2) is 13.9 Å². The number of hydrogen-bond donors (Lipinski definition) is 1. The summed E-state index contributed by atoms with van der Waals surface area (Å²) in [5.74, 6) is 1.19. The van der Waals surface area contributed by atoms with E-state index in [4.69, 9.17) is 9.72 Å². The van der Waals surface area contributed by atoms with Crippen LogP contribution in [0.1, 0.15) is 18.1 Å². The molecule has 0 atom stereocenters. The summed E-state index contributed by atoms with van der Waals surface area (Å²) in [5, 5.41) is 7.29. The summed E-state index contributed by atoms with van der Waals surface area (Å²) in [5.41, 5.74) is 2.40. The van der Waals surface area contributed by atoms with Gasteiger partial charge in [0.25, 0.3) is 0 Å². The normalized spacial score (nSPS) is 10.9. The van der Waals surface area contributed by atoms with Crippen molar-refractivity contribution in [2.45, 2.75) is 13.5 Å². The summed E-state index contributed by atoms with van der Waals surface area (Å²) in [4.78, 5) is 6.78. The van der Waals surface area contributed by atoms with E-state index in [2.05, 4.69) is 21.9 Å². The van der Waals surface area contributed by atoms with Crippen LogP contribution >= 0.6 is 0 Å². The van der Waals surface area contributed by atoms with Gasteiger partial charge in [-0.15, -0.1) is 0 Å². The maximum Gasteiger partial charge on any atom is 0.164 e. The van der Waals surface area contributed by atoms with Crippen molar-refractivity contribution in [2.24, 2.45) is 0 Å². The lowest BCUT2D eigenvalue weighted by atomic mass is 10.1. The van der Waals surface area contributed by atoms with Gasteiger partial charge in [0.15, 0.2) is 5.65 Å². The molecule has 27 heavy (non-hydrogen) atoms. The van der Waals surface area contributed by atoms with Gasteiger partial charge in [0.2, 0.25) is 0 Å². The molecular formula is C20H24FN5O. The maximum atomic E-state index is 13.8. The van der Waals surface area contributed by atoms with Gasteiger partial charge in [0.1, 0.15) is 24.0 Å². The molecule has 0 unspecified atom stereocenters. The number of fused-ring (bicyclic) bond motifs is 1. The molecule has 0 aliphatic heterocycles. The topological polar surface area (TPSA) is 54.7 Å². The van der Waals surface area contributed by atoms with Crippen molar-refractivity contribution in [1.82, 2.24) is 19.9 Å². The molecule has 0 aliphatic carbocycles. The lowest BCUT2D eigenvalue weighted by Crippen LogP contribution is -2.24. The van der Waals surface area contributed by atoms with Crippen molar-refractivity contribution in [2.75, 3.05) is 31.6 Å². The molecule has 0 amide bonds. The standard InChI is InChI=1S/C20H24FN5O/c1-4-15-13-23-26-10-8-19(24-20(15)26)25(5-2)14-16-12-17(21)6-7-18(16)27-11-9-22-3/h4,6-8,10,12-13,22H,1,5,9,11,14H2,2-3H3. The first kappa shape index (κ1) is 18.8. The Morgan fingerprint density at radius 2 is 2.22 bits per heavy atom. The fraction of sp³-hybridized carbons (Fsp3) is 0.300. The van der Waals surface area contributed by atoms with Gasteiger partial charge in [0, 0.05) is 37.0 Å². The Hall–Kier alpha value is -2.93. The van der Waals surface area contributed by atoms with Gasteiger partial charge < -0.3 is 15.0 Å². The smallest absolute Gasteiger partial charge is 0.164 e. The largest absolute Gasteiger partial charge is 0.492 e. The minimum absolute atomic E-state index is 0.282. The molecule has 0 aliphatic rings. The number of rotatable bonds is 9. The summed E-state index contributed by atoms with van der Waals surface area (Å²) in [6.45, 7) is 8.29. The predicted octanol–water partition coefficient (Wildman–Crippen LogP) is 3.14. The van der Waals surface area contributed by atoms with E-state index < -0.39 is 0 Å². The summed E-state index contributed by atoms with van der Waals surface area (Å²) in [6.07, 6.45) is 5.33. The van der Waals surface area contributed by atoms with Gasteiger partial charge in [-0.2, -0.15) is 5.10 Å². The Labute approximate surface area is 158 Å². The van der Waals surface area contributed by atoms with Crippen LogP contribution in [0.15, 0.2) is 43.2 Å². The molecule has 0 fully saturated rings. The lowest BCUT2D eigenvalue weighted by molar-refractivity contribution is 0.314. The molecule has 3 rings (SSSR count). The summed E-state index contributed by atoms with van der Waals surface area (Å²) < 4.78 is 21.3. The molecule has 0 bridgehead atoms. The summed E-state index contributed by atoms with van der Waals surface area (Å²) in [7, 11) is 1.86. The molecule has 0 radical (unpaired) electrons. The zero-order valence-corrected chi connectivity index (χ0v) is 15.7. The van der Waals surface area contributed by atoms with Gasteiger partial charge in [-0.3, -0.25) is 0 Å². The second-order valence-electron chi connectivity index (χ2n) is 6.08. The quantitative estimate of drug-likeness (QED) is 0.587. The van der Waals surface area contributed by atoms with Crippen LogP contribution in [0.4, 0.5) is 10.2 Å². The highest BCUT2D eigenvalue weighted by atomic mass is 19.1. The van der Waals surface area contributed by atoms with Gasteiger partial charge >= 0.3 is 0 Å². The van der Waals surface area contributed by atoms with Gasteiger partial charge in [-0.1, -0.05) is 12.7 Å². The average Bonchev–Trinajstić information content (AvgIpc) is 3.10. The van der Waals surface area contributed by atoms with Crippen LogP contribution in [0.5, 0.6) is 5.75 Å².